The van der Waals surface area contributed by atoms with Crippen molar-refractivity contribution in [3.8, 4) is 0 Å². The molecule has 0 aromatic heterocycles. The van der Waals surface area contributed by atoms with Gasteiger partial charge in [-0.3, -0.25) is 0 Å². The fourth-order valence-corrected chi connectivity index (χ4v) is 1.03. The Kier molecular flexibility index (Phi) is 4.21. The van der Waals surface area contributed by atoms with Crippen molar-refractivity contribution < 1.29 is 10.2 Å². The topological polar surface area (TPSA) is 40.5 Å². The second kappa shape index (κ2) is 4.24. The van der Waals surface area contributed by atoms with Crippen molar-refractivity contribution in [3.63, 3.8) is 0 Å². The van der Waals surface area contributed by atoms with Crippen LogP contribution in [0.3, 0.4) is 0 Å². The molecule has 12 heavy (non-hydrogen) atoms. The smallest absolute Gasteiger partial charge is 0.0900 e. The molecule has 2 nitrogen and oxygen atoms in total. The van der Waals surface area contributed by atoms with Gasteiger partial charge in [-0.05, 0) is 27.2 Å². The van der Waals surface area contributed by atoms with Crippen molar-refractivity contribution in [2.45, 2.75) is 64.6 Å². The summed E-state index contributed by atoms with van der Waals surface area (Å²) in [6, 6.07) is 0. The summed E-state index contributed by atoms with van der Waals surface area (Å²) >= 11 is 0. The summed E-state index contributed by atoms with van der Waals surface area (Å²) < 4.78 is 0. The predicted molar refractivity (Wildman–Crippen MR) is 51.1 cm³/mol. The Hall–Kier alpha value is -0.0800. The van der Waals surface area contributed by atoms with Crippen LogP contribution in [0.2, 0.25) is 0 Å². The van der Waals surface area contributed by atoms with Crippen LogP contribution in [0.25, 0.3) is 0 Å². The average molecular weight is 174 g/mol. The molecule has 0 bridgehead atoms. The number of hydrogen-bond acceptors (Lipinski definition) is 2. The highest BCUT2D eigenvalue weighted by atomic mass is 16.3. The van der Waals surface area contributed by atoms with Gasteiger partial charge in [0.15, 0.2) is 0 Å². The molecule has 0 aromatic rings. The molecular formula is C10H22O2. The normalized spacial score (nSPS) is 17.5. The maximum atomic E-state index is 9.83. The SMILES string of the molecule is CCCCC[C@@](C)(O)C(C)(C)O. The average Bonchev–Trinajstić information content (AvgIpc) is 1.85. The van der Waals surface area contributed by atoms with E-state index in [-0.39, 0.29) is 0 Å². The molecule has 2 N–H and O–H groups in total. The van der Waals surface area contributed by atoms with E-state index in [4.69, 9.17) is 0 Å². The van der Waals surface area contributed by atoms with Crippen molar-refractivity contribution in [1.82, 2.24) is 0 Å². The summed E-state index contributed by atoms with van der Waals surface area (Å²) in [6.07, 6.45) is 3.91. The van der Waals surface area contributed by atoms with Gasteiger partial charge in [0.05, 0.1) is 11.2 Å². The van der Waals surface area contributed by atoms with Crippen molar-refractivity contribution in [3.05, 3.63) is 0 Å². The van der Waals surface area contributed by atoms with Gasteiger partial charge in [-0.15, -0.1) is 0 Å². The molecule has 0 saturated heterocycles. The molecule has 0 saturated carbocycles. The van der Waals surface area contributed by atoms with Crippen LogP contribution >= 0.6 is 0 Å². The third kappa shape index (κ3) is 3.55. The lowest BCUT2D eigenvalue weighted by Crippen LogP contribution is -2.47. The van der Waals surface area contributed by atoms with Crippen LogP contribution in [0.5, 0.6) is 0 Å². The molecule has 74 valence electrons. The van der Waals surface area contributed by atoms with Gasteiger partial charge < -0.3 is 10.2 Å². The molecule has 0 aliphatic rings. The number of hydrogen-bond donors (Lipinski definition) is 2. The summed E-state index contributed by atoms with van der Waals surface area (Å²) in [5.74, 6) is 0. The number of aliphatic hydroxyl groups is 2. The minimum atomic E-state index is -0.999. The first kappa shape index (κ1) is 11.9. The molecule has 2 heteroatoms. The van der Waals surface area contributed by atoms with Crippen LogP contribution in [0, 0.1) is 0 Å². The summed E-state index contributed by atoms with van der Waals surface area (Å²) in [5.41, 5.74) is -1.96. The van der Waals surface area contributed by atoms with Crippen LogP contribution < -0.4 is 0 Å². The molecule has 0 amide bonds. The van der Waals surface area contributed by atoms with Crippen LogP contribution in [-0.2, 0) is 0 Å². The molecule has 0 aliphatic heterocycles. The third-order valence-electron chi connectivity index (χ3n) is 2.59. The van der Waals surface area contributed by atoms with Gasteiger partial charge in [-0.1, -0.05) is 26.2 Å². The van der Waals surface area contributed by atoms with E-state index >= 15 is 0 Å². The van der Waals surface area contributed by atoms with Gasteiger partial charge in [-0.25, -0.2) is 0 Å². The monoisotopic (exact) mass is 174 g/mol. The van der Waals surface area contributed by atoms with Crippen molar-refractivity contribution in [2.24, 2.45) is 0 Å². The van der Waals surface area contributed by atoms with E-state index in [2.05, 4.69) is 6.92 Å². The predicted octanol–water partition coefficient (Wildman–Crippen LogP) is 2.09. The maximum Gasteiger partial charge on any atom is 0.0900 e. The first-order valence-corrected chi connectivity index (χ1v) is 4.76. The van der Waals surface area contributed by atoms with Gasteiger partial charge in [0.1, 0.15) is 0 Å². The molecule has 0 fully saturated rings. The van der Waals surface area contributed by atoms with Crippen molar-refractivity contribution in [1.29, 1.82) is 0 Å². The zero-order chi connectivity index (χ0) is 9.83. The van der Waals surface area contributed by atoms with Crippen LogP contribution in [0.15, 0.2) is 0 Å². The first-order valence-electron chi connectivity index (χ1n) is 4.76. The molecule has 0 aliphatic carbocycles. The van der Waals surface area contributed by atoms with E-state index in [1.54, 1.807) is 20.8 Å². The minimum Gasteiger partial charge on any atom is -0.387 e. The quantitative estimate of drug-likeness (QED) is 0.626. The summed E-state index contributed by atoms with van der Waals surface area (Å²) in [6.45, 7) is 7.12. The Labute approximate surface area is 75.6 Å². The minimum absolute atomic E-state index is 0.671. The zero-order valence-electron chi connectivity index (χ0n) is 8.72. The van der Waals surface area contributed by atoms with Gasteiger partial charge in [0.2, 0.25) is 0 Å². The Morgan fingerprint density at radius 2 is 1.50 bits per heavy atom. The molecule has 0 aromatic carbocycles. The third-order valence-corrected chi connectivity index (χ3v) is 2.59. The standard InChI is InChI=1S/C10H22O2/c1-5-6-7-8-10(4,12)9(2,3)11/h11-12H,5-8H2,1-4H3/t10-/m1/s1. The van der Waals surface area contributed by atoms with Crippen LogP contribution in [0.4, 0.5) is 0 Å². The summed E-state index contributed by atoms with van der Waals surface area (Å²) in [4.78, 5) is 0. The van der Waals surface area contributed by atoms with E-state index in [1.807, 2.05) is 0 Å². The fraction of sp³-hybridized carbons (Fsp3) is 1.00. The molecule has 1 atom stereocenters. The van der Waals surface area contributed by atoms with E-state index < -0.39 is 11.2 Å². The summed E-state index contributed by atoms with van der Waals surface area (Å²) in [7, 11) is 0. The Morgan fingerprint density at radius 1 is 1.00 bits per heavy atom. The molecule has 0 rings (SSSR count). The molecule has 0 radical (unpaired) electrons. The largest absolute Gasteiger partial charge is 0.387 e. The lowest BCUT2D eigenvalue weighted by atomic mass is 9.83. The Morgan fingerprint density at radius 3 is 1.83 bits per heavy atom. The highest BCUT2D eigenvalue weighted by molar-refractivity contribution is 4.89. The highest BCUT2D eigenvalue weighted by Crippen LogP contribution is 2.26. The van der Waals surface area contributed by atoms with Crippen molar-refractivity contribution >= 4 is 0 Å². The van der Waals surface area contributed by atoms with Gasteiger partial charge in [-0.2, -0.15) is 0 Å². The number of unbranched alkanes of at least 4 members (excludes halogenated alkanes) is 2. The molecular weight excluding hydrogens is 152 g/mol. The molecule has 0 spiro atoms. The molecule has 0 unspecified atom stereocenters. The van der Waals surface area contributed by atoms with Gasteiger partial charge >= 0.3 is 0 Å². The second-order valence-electron chi connectivity index (χ2n) is 4.29. The second-order valence-corrected chi connectivity index (χ2v) is 4.29. The Balaban J connectivity index is 3.88. The lowest BCUT2D eigenvalue weighted by molar-refractivity contribution is -0.124. The van der Waals surface area contributed by atoms with E-state index in [0.717, 1.165) is 19.3 Å². The van der Waals surface area contributed by atoms with E-state index in [9.17, 15) is 10.2 Å². The highest BCUT2D eigenvalue weighted by Gasteiger charge is 2.36. The zero-order valence-corrected chi connectivity index (χ0v) is 8.72. The van der Waals surface area contributed by atoms with Crippen LogP contribution in [-0.4, -0.2) is 21.4 Å². The summed E-state index contributed by atoms with van der Waals surface area (Å²) in [5, 5.41) is 19.4. The van der Waals surface area contributed by atoms with E-state index in [1.165, 1.54) is 0 Å². The first-order chi connectivity index (χ1) is 5.31. The fourth-order valence-electron chi connectivity index (χ4n) is 1.03. The van der Waals surface area contributed by atoms with Gasteiger partial charge in [0.25, 0.3) is 0 Å². The van der Waals surface area contributed by atoms with Crippen molar-refractivity contribution in [2.75, 3.05) is 0 Å². The van der Waals surface area contributed by atoms with Crippen LogP contribution in [0.1, 0.15) is 53.4 Å². The maximum absolute atomic E-state index is 9.83. The lowest BCUT2D eigenvalue weighted by Gasteiger charge is -2.35. The van der Waals surface area contributed by atoms with Gasteiger partial charge in [0, 0.05) is 0 Å². The Bertz CT molecular complexity index is 122. The van der Waals surface area contributed by atoms with E-state index in [0.29, 0.717) is 6.42 Å². The molecule has 0 heterocycles. The number of rotatable bonds is 5.